The molecule has 0 fully saturated rings. The third-order valence-electron chi connectivity index (χ3n) is 3.21. The zero-order valence-electron chi connectivity index (χ0n) is 12.2. The number of ether oxygens (including phenoxy) is 1. The molecule has 2 rings (SSSR count). The topological polar surface area (TPSA) is 46.5 Å². The van der Waals surface area contributed by atoms with E-state index in [1.54, 1.807) is 6.92 Å². The van der Waals surface area contributed by atoms with Crippen LogP contribution in [-0.2, 0) is 16.0 Å². The van der Waals surface area contributed by atoms with Gasteiger partial charge in [-0.25, -0.2) is 0 Å². The fourth-order valence-corrected chi connectivity index (χ4v) is 2.01. The molecule has 0 saturated heterocycles. The predicted octanol–water partition coefficient (Wildman–Crippen LogP) is 3.21. The van der Waals surface area contributed by atoms with Crippen LogP contribution in [0.2, 0.25) is 0 Å². The van der Waals surface area contributed by atoms with E-state index in [2.05, 4.69) is 12.1 Å². The maximum absolute atomic E-state index is 11.6. The Balaban J connectivity index is 1.89. The molecule has 0 bridgehead atoms. The van der Waals surface area contributed by atoms with E-state index in [9.17, 15) is 4.79 Å². The number of hydrogen-bond donors (Lipinski definition) is 1. The normalized spacial score (nSPS) is 11.9. The molecule has 2 aromatic rings. The van der Waals surface area contributed by atoms with E-state index in [1.807, 2.05) is 42.5 Å². The van der Waals surface area contributed by atoms with Crippen LogP contribution < -0.4 is 0 Å². The largest absolute Gasteiger partial charge is 0.465 e. The van der Waals surface area contributed by atoms with Gasteiger partial charge in [0.1, 0.15) is 0 Å². The smallest absolute Gasteiger partial charge is 0.310 e. The minimum Gasteiger partial charge on any atom is -0.465 e. The fraction of sp³-hybridized carbons (Fsp3) is 0.278. The summed E-state index contributed by atoms with van der Waals surface area (Å²) in [5.41, 5.74) is 3.21. The van der Waals surface area contributed by atoms with Crippen LogP contribution in [0.4, 0.5) is 0 Å². The highest BCUT2D eigenvalue weighted by Gasteiger charge is 2.06. The van der Waals surface area contributed by atoms with E-state index >= 15 is 0 Å². The summed E-state index contributed by atoms with van der Waals surface area (Å²) in [5.74, 6) is -0.261. The molecule has 110 valence electrons. The predicted molar refractivity (Wildman–Crippen MR) is 82.8 cm³/mol. The van der Waals surface area contributed by atoms with Crippen LogP contribution in [0, 0.1) is 0 Å². The summed E-state index contributed by atoms with van der Waals surface area (Å²) in [4.78, 5) is 11.6. The lowest BCUT2D eigenvalue weighted by Crippen LogP contribution is -2.12. The van der Waals surface area contributed by atoms with Crippen molar-refractivity contribution in [1.82, 2.24) is 0 Å². The van der Waals surface area contributed by atoms with Crippen molar-refractivity contribution in [2.75, 3.05) is 6.61 Å². The van der Waals surface area contributed by atoms with Crippen molar-refractivity contribution >= 4 is 5.97 Å². The van der Waals surface area contributed by atoms with Gasteiger partial charge in [0.05, 0.1) is 19.1 Å². The molecule has 0 aliphatic carbocycles. The molecule has 0 aliphatic rings. The first-order valence-electron chi connectivity index (χ1n) is 7.13. The van der Waals surface area contributed by atoms with E-state index < -0.39 is 6.10 Å². The highest BCUT2D eigenvalue weighted by Crippen LogP contribution is 2.19. The number of rotatable bonds is 6. The summed E-state index contributed by atoms with van der Waals surface area (Å²) in [6.45, 7) is 1.94. The first-order chi connectivity index (χ1) is 10.1. The molecule has 0 aliphatic heterocycles. The quantitative estimate of drug-likeness (QED) is 0.829. The van der Waals surface area contributed by atoms with Crippen molar-refractivity contribution in [2.45, 2.75) is 25.9 Å². The molecule has 1 unspecified atom stereocenters. The maximum Gasteiger partial charge on any atom is 0.310 e. The van der Waals surface area contributed by atoms with Crippen molar-refractivity contribution in [3.8, 4) is 11.1 Å². The Morgan fingerprint density at radius 2 is 1.67 bits per heavy atom. The van der Waals surface area contributed by atoms with Gasteiger partial charge in [0, 0.05) is 6.42 Å². The molecule has 21 heavy (non-hydrogen) atoms. The summed E-state index contributed by atoms with van der Waals surface area (Å²) in [5, 5.41) is 9.10. The number of carbonyl (C=O) groups is 1. The Labute approximate surface area is 125 Å². The number of aliphatic hydroxyl groups is 1. The van der Waals surface area contributed by atoms with Crippen molar-refractivity contribution in [3.63, 3.8) is 0 Å². The Bertz CT molecular complexity index is 559. The van der Waals surface area contributed by atoms with Crippen molar-refractivity contribution < 1.29 is 14.6 Å². The molecule has 0 radical (unpaired) electrons. The number of benzene rings is 2. The van der Waals surface area contributed by atoms with Gasteiger partial charge in [-0.1, -0.05) is 54.6 Å². The van der Waals surface area contributed by atoms with E-state index in [0.717, 1.165) is 16.7 Å². The molecule has 0 heterocycles. The molecule has 1 N–H and O–H groups in total. The Morgan fingerprint density at radius 3 is 2.29 bits per heavy atom. The molecular formula is C18H20O3. The van der Waals surface area contributed by atoms with Crippen LogP contribution in [0.25, 0.3) is 11.1 Å². The van der Waals surface area contributed by atoms with E-state index in [1.165, 1.54) is 0 Å². The first kappa shape index (κ1) is 15.3. The second-order valence-corrected chi connectivity index (χ2v) is 5.10. The van der Waals surface area contributed by atoms with Crippen molar-refractivity contribution in [3.05, 3.63) is 60.2 Å². The number of hydrogen-bond acceptors (Lipinski definition) is 3. The van der Waals surface area contributed by atoms with Crippen LogP contribution in [0.15, 0.2) is 54.6 Å². The van der Waals surface area contributed by atoms with Gasteiger partial charge in [0.15, 0.2) is 0 Å². The number of aliphatic hydroxyl groups excluding tert-OH is 1. The van der Waals surface area contributed by atoms with Gasteiger partial charge in [-0.05, 0) is 23.6 Å². The van der Waals surface area contributed by atoms with Crippen LogP contribution >= 0.6 is 0 Å². The Morgan fingerprint density at radius 1 is 1.05 bits per heavy atom. The second kappa shape index (κ2) is 7.60. The van der Waals surface area contributed by atoms with E-state index in [0.29, 0.717) is 6.42 Å². The summed E-state index contributed by atoms with van der Waals surface area (Å²) in [7, 11) is 0. The summed E-state index contributed by atoms with van der Waals surface area (Å²) in [6, 6.07) is 18.0. The molecule has 3 nitrogen and oxygen atoms in total. The van der Waals surface area contributed by atoms with Gasteiger partial charge < -0.3 is 9.84 Å². The average molecular weight is 284 g/mol. The van der Waals surface area contributed by atoms with Crippen molar-refractivity contribution in [1.29, 1.82) is 0 Å². The summed E-state index contributed by atoms with van der Waals surface area (Å²) < 4.78 is 5.07. The zero-order chi connectivity index (χ0) is 15.1. The van der Waals surface area contributed by atoms with Gasteiger partial charge >= 0.3 is 5.97 Å². The molecule has 0 spiro atoms. The van der Waals surface area contributed by atoms with Crippen LogP contribution in [0.5, 0.6) is 0 Å². The number of carbonyl (C=O) groups excluding carboxylic acids is 1. The molecule has 3 heteroatoms. The van der Waals surface area contributed by atoms with E-state index in [4.69, 9.17) is 9.84 Å². The summed E-state index contributed by atoms with van der Waals surface area (Å²) in [6.07, 6.45) is 0.288. The minimum atomic E-state index is -0.442. The molecule has 1 atom stereocenters. The number of esters is 1. The van der Waals surface area contributed by atoms with Gasteiger partial charge in [-0.3, -0.25) is 4.79 Å². The highest BCUT2D eigenvalue weighted by atomic mass is 16.5. The molecule has 2 aromatic carbocycles. The second-order valence-electron chi connectivity index (χ2n) is 5.10. The fourth-order valence-electron chi connectivity index (χ4n) is 2.01. The third-order valence-corrected chi connectivity index (χ3v) is 3.21. The first-order valence-corrected chi connectivity index (χ1v) is 7.13. The standard InChI is InChI=1S/C18H20O3/c1-14(19)11-12-21-18(20)13-15-7-9-17(10-8-15)16-5-3-2-4-6-16/h2-10,14,19H,11-13H2,1H3. The molecule has 0 aromatic heterocycles. The summed E-state index contributed by atoms with van der Waals surface area (Å²) >= 11 is 0. The SMILES string of the molecule is CC(O)CCOC(=O)Cc1ccc(-c2ccccc2)cc1. The Hall–Kier alpha value is -2.13. The van der Waals surface area contributed by atoms with Gasteiger partial charge in [0.25, 0.3) is 0 Å². The van der Waals surface area contributed by atoms with E-state index in [-0.39, 0.29) is 19.0 Å². The van der Waals surface area contributed by atoms with Gasteiger partial charge in [-0.15, -0.1) is 0 Å². The highest BCUT2D eigenvalue weighted by molar-refractivity contribution is 5.73. The van der Waals surface area contributed by atoms with Crippen molar-refractivity contribution in [2.24, 2.45) is 0 Å². The van der Waals surface area contributed by atoms with Crippen LogP contribution in [0.3, 0.4) is 0 Å². The van der Waals surface area contributed by atoms with Gasteiger partial charge in [0.2, 0.25) is 0 Å². The zero-order valence-corrected chi connectivity index (χ0v) is 12.2. The van der Waals surface area contributed by atoms with Crippen LogP contribution in [0.1, 0.15) is 18.9 Å². The van der Waals surface area contributed by atoms with Gasteiger partial charge in [-0.2, -0.15) is 0 Å². The lowest BCUT2D eigenvalue weighted by atomic mass is 10.0. The Kier molecular flexibility index (Phi) is 5.52. The third kappa shape index (κ3) is 5.04. The maximum atomic E-state index is 11.6. The lowest BCUT2D eigenvalue weighted by molar-refractivity contribution is -0.143. The minimum absolute atomic E-state index is 0.259. The molecular weight excluding hydrogens is 264 g/mol. The lowest BCUT2D eigenvalue weighted by Gasteiger charge is -2.07. The monoisotopic (exact) mass is 284 g/mol. The average Bonchev–Trinajstić information content (AvgIpc) is 2.48. The molecule has 0 amide bonds. The molecule has 0 saturated carbocycles. The van der Waals surface area contributed by atoms with Crippen LogP contribution in [-0.4, -0.2) is 23.8 Å².